The van der Waals surface area contributed by atoms with E-state index in [4.69, 9.17) is 27.9 Å². The fourth-order valence-electron chi connectivity index (χ4n) is 0.946. The SMILES string of the molecule is COc1ccc(C(=O)C(Cl)Cl)cc1I. The summed E-state index contributed by atoms with van der Waals surface area (Å²) in [6, 6.07) is 5.05. The summed E-state index contributed by atoms with van der Waals surface area (Å²) in [5, 5.41) is 0. The lowest BCUT2D eigenvalue weighted by atomic mass is 10.1. The largest absolute Gasteiger partial charge is 0.496 e. The van der Waals surface area contributed by atoms with E-state index in [0.717, 1.165) is 9.32 Å². The number of rotatable bonds is 3. The summed E-state index contributed by atoms with van der Waals surface area (Å²) in [5.41, 5.74) is 0.491. The van der Waals surface area contributed by atoms with E-state index in [2.05, 4.69) is 22.6 Å². The molecule has 0 aliphatic carbocycles. The molecule has 0 saturated heterocycles. The molecule has 0 atom stereocenters. The quantitative estimate of drug-likeness (QED) is 0.478. The lowest BCUT2D eigenvalue weighted by Crippen LogP contribution is -2.08. The van der Waals surface area contributed by atoms with Gasteiger partial charge in [-0.2, -0.15) is 0 Å². The van der Waals surface area contributed by atoms with Gasteiger partial charge in [0.25, 0.3) is 0 Å². The molecule has 2 nitrogen and oxygen atoms in total. The van der Waals surface area contributed by atoms with Crippen LogP contribution in [0.2, 0.25) is 0 Å². The molecule has 0 amide bonds. The second-order valence-corrected chi connectivity index (χ2v) is 4.77. The van der Waals surface area contributed by atoms with Crippen LogP contribution in [0.25, 0.3) is 0 Å². The number of hydrogen-bond donors (Lipinski definition) is 0. The number of carbonyl (C=O) groups is 1. The molecule has 76 valence electrons. The maximum atomic E-state index is 11.4. The van der Waals surface area contributed by atoms with E-state index in [0.29, 0.717) is 5.56 Å². The van der Waals surface area contributed by atoms with Crippen molar-refractivity contribution in [2.75, 3.05) is 7.11 Å². The van der Waals surface area contributed by atoms with Crippen molar-refractivity contribution >= 4 is 51.6 Å². The highest BCUT2D eigenvalue weighted by Crippen LogP contribution is 2.23. The standard InChI is InChI=1S/C9H7Cl2IO2/c1-14-7-3-2-5(4-6(7)12)8(13)9(10)11/h2-4,9H,1H3. The van der Waals surface area contributed by atoms with Gasteiger partial charge in [-0.05, 0) is 40.8 Å². The van der Waals surface area contributed by atoms with E-state index >= 15 is 0 Å². The van der Waals surface area contributed by atoms with E-state index in [9.17, 15) is 4.79 Å². The maximum Gasteiger partial charge on any atom is 0.195 e. The zero-order valence-corrected chi connectivity index (χ0v) is 10.9. The Morgan fingerprint density at radius 3 is 2.57 bits per heavy atom. The van der Waals surface area contributed by atoms with Gasteiger partial charge >= 0.3 is 0 Å². The van der Waals surface area contributed by atoms with Gasteiger partial charge in [-0.15, -0.1) is 0 Å². The first kappa shape index (κ1) is 12.1. The van der Waals surface area contributed by atoms with E-state index in [-0.39, 0.29) is 5.78 Å². The lowest BCUT2D eigenvalue weighted by Gasteiger charge is -2.05. The first-order valence-corrected chi connectivity index (χ1v) is 5.67. The number of hydrogen-bond acceptors (Lipinski definition) is 2. The summed E-state index contributed by atoms with van der Waals surface area (Å²) in [5.74, 6) is 0.428. The zero-order chi connectivity index (χ0) is 10.7. The van der Waals surface area contributed by atoms with Crippen molar-refractivity contribution in [2.45, 2.75) is 4.84 Å². The van der Waals surface area contributed by atoms with Crippen molar-refractivity contribution < 1.29 is 9.53 Å². The molecule has 0 spiro atoms. The Kier molecular flexibility index (Phi) is 4.47. The molecular weight excluding hydrogens is 338 g/mol. The molecule has 0 heterocycles. The fourth-order valence-corrected chi connectivity index (χ4v) is 1.93. The van der Waals surface area contributed by atoms with Crippen LogP contribution < -0.4 is 4.74 Å². The van der Waals surface area contributed by atoms with Gasteiger partial charge in [0.15, 0.2) is 10.6 Å². The predicted molar refractivity (Wildman–Crippen MR) is 65.5 cm³/mol. The van der Waals surface area contributed by atoms with Gasteiger partial charge in [0.05, 0.1) is 10.7 Å². The van der Waals surface area contributed by atoms with E-state index in [1.54, 1.807) is 25.3 Å². The van der Waals surface area contributed by atoms with Crippen molar-refractivity contribution in [1.29, 1.82) is 0 Å². The molecule has 0 unspecified atom stereocenters. The number of methoxy groups -OCH3 is 1. The van der Waals surface area contributed by atoms with Gasteiger partial charge < -0.3 is 4.74 Å². The second-order valence-electron chi connectivity index (χ2n) is 2.51. The minimum absolute atomic E-state index is 0.297. The second kappa shape index (κ2) is 5.19. The normalized spacial score (nSPS) is 10.4. The lowest BCUT2D eigenvalue weighted by molar-refractivity contribution is 0.101. The van der Waals surface area contributed by atoms with E-state index in [1.807, 2.05) is 0 Å². The Hall–Kier alpha value is -0.000000000000000111. The summed E-state index contributed by atoms with van der Waals surface area (Å²) >= 11 is 13.0. The van der Waals surface area contributed by atoms with Crippen molar-refractivity contribution in [2.24, 2.45) is 0 Å². The van der Waals surface area contributed by atoms with Gasteiger partial charge in [-0.1, -0.05) is 23.2 Å². The van der Waals surface area contributed by atoms with Crippen LogP contribution in [0.5, 0.6) is 5.75 Å². The van der Waals surface area contributed by atoms with Gasteiger partial charge in [0.1, 0.15) is 5.75 Å². The number of carbonyl (C=O) groups excluding carboxylic acids is 1. The maximum absolute atomic E-state index is 11.4. The van der Waals surface area contributed by atoms with Gasteiger partial charge in [-0.25, -0.2) is 0 Å². The highest BCUT2D eigenvalue weighted by Gasteiger charge is 2.15. The van der Waals surface area contributed by atoms with Crippen molar-refractivity contribution in [3.8, 4) is 5.75 Å². The van der Waals surface area contributed by atoms with Crippen LogP contribution in [0.3, 0.4) is 0 Å². The topological polar surface area (TPSA) is 26.3 Å². The molecule has 1 aromatic carbocycles. The molecule has 0 saturated carbocycles. The Balaban J connectivity index is 3.03. The third kappa shape index (κ3) is 2.74. The van der Waals surface area contributed by atoms with Gasteiger partial charge in [0, 0.05) is 5.56 Å². The smallest absolute Gasteiger partial charge is 0.195 e. The van der Waals surface area contributed by atoms with Crippen molar-refractivity contribution in [1.82, 2.24) is 0 Å². The van der Waals surface area contributed by atoms with Crippen LogP contribution in [0.15, 0.2) is 18.2 Å². The molecule has 0 aromatic heterocycles. The summed E-state index contributed by atoms with van der Waals surface area (Å²) in [6.45, 7) is 0. The molecule has 0 bridgehead atoms. The summed E-state index contributed by atoms with van der Waals surface area (Å²) < 4.78 is 5.91. The summed E-state index contributed by atoms with van der Waals surface area (Å²) in [7, 11) is 1.57. The van der Waals surface area contributed by atoms with Crippen LogP contribution >= 0.6 is 45.8 Å². The number of alkyl halides is 2. The van der Waals surface area contributed by atoms with Gasteiger partial charge in [0.2, 0.25) is 0 Å². The molecule has 14 heavy (non-hydrogen) atoms. The van der Waals surface area contributed by atoms with Crippen LogP contribution in [0, 0.1) is 3.57 Å². The third-order valence-corrected chi connectivity index (χ3v) is 2.87. The minimum atomic E-state index is -1.01. The summed E-state index contributed by atoms with van der Waals surface area (Å²) in [6.07, 6.45) is 0. The van der Waals surface area contributed by atoms with Crippen LogP contribution in [-0.4, -0.2) is 17.7 Å². The molecule has 0 aliphatic rings. The highest BCUT2D eigenvalue weighted by molar-refractivity contribution is 14.1. The van der Waals surface area contributed by atoms with Crippen molar-refractivity contribution in [3.05, 3.63) is 27.3 Å². The Bertz CT molecular complexity index is 353. The average Bonchev–Trinajstić information content (AvgIpc) is 2.16. The van der Waals surface area contributed by atoms with Crippen LogP contribution in [-0.2, 0) is 0 Å². The highest BCUT2D eigenvalue weighted by atomic mass is 127. The molecule has 0 N–H and O–H groups in total. The molecular formula is C9H7Cl2IO2. The first-order valence-electron chi connectivity index (χ1n) is 3.72. The Morgan fingerprint density at radius 1 is 1.50 bits per heavy atom. The van der Waals surface area contributed by atoms with Crippen LogP contribution in [0.4, 0.5) is 0 Å². The third-order valence-electron chi connectivity index (χ3n) is 1.63. The monoisotopic (exact) mass is 344 g/mol. The average molecular weight is 345 g/mol. The van der Waals surface area contributed by atoms with Crippen molar-refractivity contribution in [3.63, 3.8) is 0 Å². The number of ether oxygens (including phenoxy) is 1. The first-order chi connectivity index (χ1) is 6.56. The minimum Gasteiger partial charge on any atom is -0.496 e. The molecule has 0 aliphatic heterocycles. The molecule has 0 fully saturated rings. The molecule has 1 rings (SSSR count). The number of ketones is 1. The fraction of sp³-hybridized carbons (Fsp3) is 0.222. The van der Waals surface area contributed by atoms with E-state index in [1.165, 1.54) is 0 Å². The molecule has 0 radical (unpaired) electrons. The van der Waals surface area contributed by atoms with E-state index < -0.39 is 4.84 Å². The van der Waals surface area contributed by atoms with Gasteiger partial charge in [-0.3, -0.25) is 4.79 Å². The Labute approximate surface area is 106 Å². The Morgan fingerprint density at radius 2 is 2.14 bits per heavy atom. The molecule has 1 aromatic rings. The zero-order valence-electron chi connectivity index (χ0n) is 7.26. The predicted octanol–water partition coefficient (Wildman–Crippen LogP) is 3.29. The number of Topliss-reactive ketones (excluding diaryl/α,β-unsaturated/α-hetero) is 1. The molecule has 5 heteroatoms. The van der Waals surface area contributed by atoms with Crippen LogP contribution in [0.1, 0.15) is 10.4 Å². The summed E-state index contributed by atoms with van der Waals surface area (Å²) in [4.78, 5) is 10.4. The number of benzene rings is 1. The number of halogens is 3.